The first-order valence-corrected chi connectivity index (χ1v) is 8.88. The molecule has 0 radical (unpaired) electrons. The molecule has 1 fully saturated rings. The number of nitrogens with one attached hydrogen (secondary N) is 1. The van der Waals surface area contributed by atoms with Gasteiger partial charge in [0.05, 0.1) is 24.6 Å². The number of anilines is 1. The molecule has 0 aliphatic carbocycles. The summed E-state index contributed by atoms with van der Waals surface area (Å²) in [6, 6.07) is 7.39. The zero-order valence-corrected chi connectivity index (χ0v) is 15.3. The van der Waals surface area contributed by atoms with Crippen molar-refractivity contribution in [1.29, 1.82) is 0 Å². The Morgan fingerprint density at radius 1 is 1.19 bits per heavy atom. The van der Waals surface area contributed by atoms with E-state index < -0.39 is 5.66 Å². The maximum Gasteiger partial charge on any atom is 0.281 e. The molecule has 0 unspecified atom stereocenters. The molecule has 2 aromatic rings. The molecular weight excluding hydrogens is 346 g/mol. The predicted molar refractivity (Wildman–Crippen MR) is 97.9 cm³/mol. The number of hydrogen-bond donors (Lipinski definition) is 1. The molecule has 1 spiro atoms. The van der Waals surface area contributed by atoms with Crippen LogP contribution in [0.2, 0.25) is 0 Å². The first-order chi connectivity index (χ1) is 13.0. The lowest BCUT2D eigenvalue weighted by atomic mass is 9.91. The van der Waals surface area contributed by atoms with E-state index in [1.807, 2.05) is 25.1 Å². The Balaban J connectivity index is 1.54. The normalized spacial score (nSPS) is 18.2. The molecule has 2 aliphatic heterocycles. The first kappa shape index (κ1) is 17.4. The number of likely N-dealkylation sites (tertiary alicyclic amines) is 1. The van der Waals surface area contributed by atoms with Gasteiger partial charge in [0, 0.05) is 37.8 Å². The van der Waals surface area contributed by atoms with Crippen LogP contribution < -0.4 is 5.32 Å². The van der Waals surface area contributed by atoms with Crippen LogP contribution in [0.4, 0.5) is 5.69 Å². The van der Waals surface area contributed by atoms with Crippen molar-refractivity contribution in [3.8, 4) is 0 Å². The summed E-state index contributed by atoms with van der Waals surface area (Å²) in [5.74, 6) is -0.320. The van der Waals surface area contributed by atoms with Gasteiger partial charge in [0.1, 0.15) is 11.4 Å². The predicted octanol–water partition coefficient (Wildman–Crippen LogP) is 1.85. The minimum Gasteiger partial charge on any atom is -0.360 e. The van der Waals surface area contributed by atoms with Gasteiger partial charge >= 0.3 is 0 Å². The Kier molecular flexibility index (Phi) is 4.27. The van der Waals surface area contributed by atoms with Gasteiger partial charge in [0.15, 0.2) is 0 Å². The van der Waals surface area contributed by atoms with Crippen LogP contribution in [0.15, 0.2) is 36.7 Å². The Morgan fingerprint density at radius 3 is 2.59 bits per heavy atom. The number of hydrogen-bond acceptors (Lipinski definition) is 6. The van der Waals surface area contributed by atoms with E-state index in [1.54, 1.807) is 17.2 Å². The highest BCUT2D eigenvalue weighted by Crippen LogP contribution is 2.37. The van der Waals surface area contributed by atoms with E-state index >= 15 is 0 Å². The van der Waals surface area contributed by atoms with Gasteiger partial charge in [-0.05, 0) is 19.1 Å². The van der Waals surface area contributed by atoms with E-state index in [0.717, 1.165) is 11.4 Å². The molecular formula is C19H21N5O3. The summed E-state index contributed by atoms with van der Waals surface area (Å²) in [6.45, 7) is 2.79. The van der Waals surface area contributed by atoms with E-state index in [0.29, 0.717) is 37.2 Å². The van der Waals surface area contributed by atoms with Crippen LogP contribution >= 0.6 is 0 Å². The molecule has 2 amide bonds. The fourth-order valence-electron chi connectivity index (χ4n) is 3.71. The molecule has 4 rings (SSSR count). The number of amides is 2. The second-order valence-electron chi connectivity index (χ2n) is 6.82. The quantitative estimate of drug-likeness (QED) is 0.872. The third-order valence-corrected chi connectivity index (χ3v) is 5.16. The maximum absolute atomic E-state index is 12.9. The van der Waals surface area contributed by atoms with Crippen molar-refractivity contribution < 1.29 is 14.4 Å². The Bertz CT molecular complexity index is 875. The molecule has 27 heavy (non-hydrogen) atoms. The minimum absolute atomic E-state index is 0.149. The molecule has 1 aromatic heterocycles. The number of carbonyl (C=O) groups excluding carboxylic acids is 2. The SMILES string of the molecule is CON1C(=O)c2ccccc2NC12CCN(C(=O)c1cnc(C)cn1)CC2. The van der Waals surface area contributed by atoms with Gasteiger partial charge in [-0.2, -0.15) is 5.06 Å². The average molecular weight is 367 g/mol. The van der Waals surface area contributed by atoms with Crippen molar-refractivity contribution in [2.45, 2.75) is 25.4 Å². The van der Waals surface area contributed by atoms with E-state index in [1.165, 1.54) is 18.4 Å². The molecule has 1 N–H and O–H groups in total. The topological polar surface area (TPSA) is 87.7 Å². The number of fused-ring (bicyclic) bond motifs is 1. The summed E-state index contributed by atoms with van der Waals surface area (Å²) in [5, 5.41) is 4.87. The van der Waals surface area contributed by atoms with Crippen LogP contribution in [0.1, 0.15) is 39.4 Å². The second kappa shape index (κ2) is 6.62. The lowest BCUT2D eigenvalue weighted by Crippen LogP contribution is -2.64. The largest absolute Gasteiger partial charge is 0.360 e. The molecule has 0 bridgehead atoms. The van der Waals surface area contributed by atoms with Crippen LogP contribution in [-0.4, -0.2) is 57.6 Å². The highest BCUT2D eigenvalue weighted by atomic mass is 16.7. The zero-order valence-electron chi connectivity index (χ0n) is 15.3. The van der Waals surface area contributed by atoms with Crippen LogP contribution in [0.3, 0.4) is 0 Å². The number of aryl methyl sites for hydroxylation is 1. The van der Waals surface area contributed by atoms with Gasteiger partial charge in [-0.15, -0.1) is 0 Å². The number of hydroxylamine groups is 2. The minimum atomic E-state index is -0.671. The Hall–Kier alpha value is -3.00. The Labute approximate surface area is 157 Å². The summed E-state index contributed by atoms with van der Waals surface area (Å²) < 4.78 is 0. The van der Waals surface area contributed by atoms with Crippen LogP contribution in [0.25, 0.3) is 0 Å². The zero-order chi connectivity index (χ0) is 19.0. The van der Waals surface area contributed by atoms with Gasteiger partial charge < -0.3 is 10.2 Å². The monoisotopic (exact) mass is 367 g/mol. The van der Waals surface area contributed by atoms with E-state index in [-0.39, 0.29) is 11.8 Å². The van der Waals surface area contributed by atoms with E-state index in [4.69, 9.17) is 4.84 Å². The van der Waals surface area contributed by atoms with Crippen molar-refractivity contribution in [3.05, 3.63) is 53.6 Å². The first-order valence-electron chi connectivity index (χ1n) is 8.88. The number of carbonyl (C=O) groups is 2. The van der Waals surface area contributed by atoms with Crippen molar-refractivity contribution >= 4 is 17.5 Å². The van der Waals surface area contributed by atoms with Gasteiger partial charge in [-0.1, -0.05) is 12.1 Å². The average Bonchev–Trinajstić information content (AvgIpc) is 2.69. The van der Waals surface area contributed by atoms with Crippen molar-refractivity contribution in [2.24, 2.45) is 0 Å². The standard InChI is InChI=1S/C19H21N5O3/c1-13-11-21-16(12-20-13)18(26)23-9-7-19(8-10-23)22-15-6-4-3-5-14(15)17(25)24(19)27-2/h3-6,11-12,22H,7-10H2,1-2H3. The summed E-state index contributed by atoms with van der Waals surface area (Å²) in [5.41, 5.74) is 1.80. The molecule has 140 valence electrons. The Morgan fingerprint density at radius 2 is 1.93 bits per heavy atom. The summed E-state index contributed by atoms with van der Waals surface area (Å²) >= 11 is 0. The van der Waals surface area contributed by atoms with Crippen LogP contribution in [-0.2, 0) is 4.84 Å². The van der Waals surface area contributed by atoms with Crippen molar-refractivity contribution in [2.75, 3.05) is 25.5 Å². The van der Waals surface area contributed by atoms with Crippen LogP contribution in [0.5, 0.6) is 0 Å². The molecule has 3 heterocycles. The van der Waals surface area contributed by atoms with E-state index in [9.17, 15) is 9.59 Å². The molecule has 2 aliphatic rings. The van der Waals surface area contributed by atoms with Gasteiger partial charge in [-0.25, -0.2) is 4.98 Å². The molecule has 8 nitrogen and oxygen atoms in total. The summed E-state index contributed by atoms with van der Waals surface area (Å²) in [4.78, 5) is 41.0. The highest BCUT2D eigenvalue weighted by molar-refractivity contribution is 6.01. The number of para-hydroxylation sites is 1. The second-order valence-corrected chi connectivity index (χ2v) is 6.82. The van der Waals surface area contributed by atoms with Crippen molar-refractivity contribution in [3.63, 3.8) is 0 Å². The number of aromatic nitrogens is 2. The van der Waals surface area contributed by atoms with Gasteiger partial charge in [-0.3, -0.25) is 19.4 Å². The highest BCUT2D eigenvalue weighted by Gasteiger charge is 2.48. The third-order valence-electron chi connectivity index (χ3n) is 5.16. The number of piperidine rings is 1. The molecule has 0 saturated carbocycles. The number of rotatable bonds is 2. The van der Waals surface area contributed by atoms with E-state index in [2.05, 4.69) is 15.3 Å². The fraction of sp³-hybridized carbons (Fsp3) is 0.368. The number of nitrogens with zero attached hydrogens (tertiary/aromatic N) is 4. The number of benzene rings is 1. The lowest BCUT2D eigenvalue weighted by Gasteiger charge is -2.50. The molecule has 1 aromatic carbocycles. The van der Waals surface area contributed by atoms with Gasteiger partial charge in [0.25, 0.3) is 11.8 Å². The molecule has 1 saturated heterocycles. The summed E-state index contributed by atoms with van der Waals surface area (Å²) in [7, 11) is 1.49. The van der Waals surface area contributed by atoms with Crippen LogP contribution in [0, 0.1) is 6.92 Å². The van der Waals surface area contributed by atoms with Gasteiger partial charge in [0.2, 0.25) is 0 Å². The maximum atomic E-state index is 12.9. The lowest BCUT2D eigenvalue weighted by molar-refractivity contribution is -0.167. The third kappa shape index (κ3) is 2.91. The molecule has 8 heteroatoms. The smallest absolute Gasteiger partial charge is 0.281 e. The summed E-state index contributed by atoms with van der Waals surface area (Å²) in [6.07, 6.45) is 4.18. The van der Waals surface area contributed by atoms with Crippen molar-refractivity contribution in [1.82, 2.24) is 19.9 Å². The fourth-order valence-corrected chi connectivity index (χ4v) is 3.71. The molecule has 0 atom stereocenters.